The number of thiophene rings is 1. The van der Waals surface area contributed by atoms with Crippen molar-refractivity contribution in [3.8, 4) is 0 Å². The third kappa shape index (κ3) is 3.63. The molecule has 0 N–H and O–H groups in total. The van der Waals surface area contributed by atoms with Crippen molar-refractivity contribution in [2.75, 3.05) is 39.3 Å². The van der Waals surface area contributed by atoms with Crippen LogP contribution in [0.25, 0.3) is 0 Å². The number of hydrogen-bond acceptors (Lipinski definition) is 4. The van der Waals surface area contributed by atoms with Gasteiger partial charge in [0.15, 0.2) is 0 Å². The molecule has 0 bridgehead atoms. The van der Waals surface area contributed by atoms with Crippen molar-refractivity contribution in [1.82, 2.24) is 14.7 Å². The smallest absolute Gasteiger partial charge is 0.263 e. The molecule has 2 saturated heterocycles. The lowest BCUT2D eigenvalue weighted by Gasteiger charge is -2.34. The molecule has 2 aliphatic heterocycles. The summed E-state index contributed by atoms with van der Waals surface area (Å²) in [5.74, 6) is 0.124. The van der Waals surface area contributed by atoms with E-state index in [2.05, 4.69) is 0 Å². The molecule has 0 aromatic carbocycles. The van der Waals surface area contributed by atoms with Gasteiger partial charge < -0.3 is 14.7 Å². The minimum Gasteiger partial charge on any atom is -0.342 e. The zero-order chi connectivity index (χ0) is 18.9. The minimum absolute atomic E-state index is 0.000573. The summed E-state index contributed by atoms with van der Waals surface area (Å²) in [5.41, 5.74) is -0.374. The average Bonchev–Trinajstić information content (AvgIpc) is 3.19. The van der Waals surface area contributed by atoms with E-state index >= 15 is 0 Å². The third-order valence-electron chi connectivity index (χ3n) is 5.30. The molecule has 6 nitrogen and oxygen atoms in total. The molecule has 7 heteroatoms. The molecule has 1 spiro atoms. The summed E-state index contributed by atoms with van der Waals surface area (Å²) in [4.78, 5) is 44.3. The zero-order valence-electron chi connectivity index (χ0n) is 15.7. The molecule has 0 aliphatic carbocycles. The van der Waals surface area contributed by atoms with Crippen LogP contribution in [0.3, 0.4) is 0 Å². The molecule has 3 rings (SSSR count). The molecule has 1 aromatic rings. The van der Waals surface area contributed by atoms with Gasteiger partial charge in [0.05, 0.1) is 4.88 Å². The van der Waals surface area contributed by atoms with E-state index in [1.165, 1.54) is 11.3 Å². The Morgan fingerprint density at radius 1 is 1.19 bits per heavy atom. The van der Waals surface area contributed by atoms with Crippen molar-refractivity contribution in [3.05, 3.63) is 22.4 Å². The van der Waals surface area contributed by atoms with Crippen LogP contribution in [0.1, 0.15) is 36.9 Å². The van der Waals surface area contributed by atoms with Gasteiger partial charge in [0.1, 0.15) is 0 Å². The fourth-order valence-electron chi connectivity index (χ4n) is 4.02. The molecular weight excluding hydrogens is 350 g/mol. The molecule has 26 heavy (non-hydrogen) atoms. The number of hydrogen-bond donors (Lipinski definition) is 0. The first kappa shape index (κ1) is 18.9. The normalized spacial score (nSPS) is 23.8. The summed E-state index contributed by atoms with van der Waals surface area (Å²) in [6.45, 7) is 9.14. The van der Waals surface area contributed by atoms with Crippen LogP contribution in [0.2, 0.25) is 0 Å². The monoisotopic (exact) mass is 377 g/mol. The van der Waals surface area contributed by atoms with Crippen molar-refractivity contribution in [2.24, 2.45) is 11.3 Å². The Hall–Kier alpha value is -1.89. The van der Waals surface area contributed by atoms with Gasteiger partial charge in [-0.15, -0.1) is 11.3 Å². The van der Waals surface area contributed by atoms with E-state index in [1.807, 2.05) is 53.0 Å². The minimum atomic E-state index is -0.374. The lowest BCUT2D eigenvalue weighted by molar-refractivity contribution is -0.135. The lowest BCUT2D eigenvalue weighted by atomic mass is 9.85. The number of carbonyl (C=O) groups is 3. The Morgan fingerprint density at radius 3 is 2.46 bits per heavy atom. The van der Waals surface area contributed by atoms with E-state index < -0.39 is 0 Å². The molecule has 142 valence electrons. The Labute approximate surface area is 158 Å². The van der Waals surface area contributed by atoms with E-state index in [-0.39, 0.29) is 29.1 Å². The maximum absolute atomic E-state index is 12.9. The summed E-state index contributed by atoms with van der Waals surface area (Å²) < 4.78 is 0. The number of nitrogens with zero attached hydrogens (tertiary/aromatic N) is 3. The Bertz CT molecular complexity index is 688. The second-order valence-corrected chi connectivity index (χ2v) is 8.65. The first-order valence-corrected chi connectivity index (χ1v) is 10.1. The highest BCUT2D eigenvalue weighted by atomic mass is 32.1. The largest absolute Gasteiger partial charge is 0.342 e. The highest BCUT2D eigenvalue weighted by molar-refractivity contribution is 7.12. The third-order valence-corrected chi connectivity index (χ3v) is 6.16. The number of rotatable bonds is 3. The average molecular weight is 378 g/mol. The van der Waals surface area contributed by atoms with Gasteiger partial charge in [-0.25, -0.2) is 0 Å². The van der Waals surface area contributed by atoms with Crippen LogP contribution in [0.15, 0.2) is 17.5 Å². The predicted molar refractivity (Wildman–Crippen MR) is 101 cm³/mol. The van der Waals surface area contributed by atoms with Crippen LogP contribution in [0.5, 0.6) is 0 Å². The van der Waals surface area contributed by atoms with E-state index in [0.29, 0.717) is 50.6 Å². The Morgan fingerprint density at radius 2 is 1.88 bits per heavy atom. The standard InChI is InChI=1S/C19H27N3O3S/c1-4-20-11-19(10-16(20)23)12-21(17(24)14(2)3)7-8-22(13-19)18(25)15-6-5-9-26-15/h5-6,9,14H,4,7-8,10-13H2,1-3H3. The zero-order valence-corrected chi connectivity index (χ0v) is 16.6. The summed E-state index contributed by atoms with van der Waals surface area (Å²) >= 11 is 1.43. The maximum atomic E-state index is 12.9. The second kappa shape index (κ2) is 7.39. The van der Waals surface area contributed by atoms with Gasteiger partial charge in [0, 0.05) is 57.0 Å². The van der Waals surface area contributed by atoms with Gasteiger partial charge in [-0.3, -0.25) is 14.4 Å². The summed E-state index contributed by atoms with van der Waals surface area (Å²) in [6.07, 6.45) is 0.400. The van der Waals surface area contributed by atoms with Crippen LogP contribution in [-0.4, -0.2) is 71.7 Å². The van der Waals surface area contributed by atoms with Crippen LogP contribution < -0.4 is 0 Å². The van der Waals surface area contributed by atoms with Gasteiger partial charge >= 0.3 is 0 Å². The van der Waals surface area contributed by atoms with Gasteiger partial charge in [0.25, 0.3) is 5.91 Å². The van der Waals surface area contributed by atoms with E-state index in [0.717, 1.165) is 0 Å². The molecule has 0 saturated carbocycles. The Kier molecular flexibility index (Phi) is 5.37. The number of carbonyl (C=O) groups excluding carboxylic acids is 3. The molecule has 0 radical (unpaired) electrons. The highest BCUT2D eigenvalue weighted by Crippen LogP contribution is 2.36. The maximum Gasteiger partial charge on any atom is 0.263 e. The SMILES string of the molecule is CCN1CC2(CC1=O)CN(C(=O)c1cccs1)CCN(C(=O)C(C)C)C2. The highest BCUT2D eigenvalue weighted by Gasteiger charge is 2.47. The van der Waals surface area contributed by atoms with Gasteiger partial charge in [-0.2, -0.15) is 0 Å². The molecule has 2 aliphatic rings. The molecule has 3 amide bonds. The topological polar surface area (TPSA) is 60.9 Å². The van der Waals surface area contributed by atoms with Crippen molar-refractivity contribution < 1.29 is 14.4 Å². The molecular formula is C19H27N3O3S. The molecule has 1 unspecified atom stereocenters. The Balaban J connectivity index is 1.88. The van der Waals surface area contributed by atoms with Gasteiger partial charge in [-0.1, -0.05) is 19.9 Å². The van der Waals surface area contributed by atoms with Crippen molar-refractivity contribution in [3.63, 3.8) is 0 Å². The summed E-state index contributed by atoms with van der Waals surface area (Å²) in [7, 11) is 0. The predicted octanol–water partition coefficient (Wildman–Crippen LogP) is 1.93. The molecule has 1 aromatic heterocycles. The molecule has 3 heterocycles. The number of amides is 3. The summed E-state index contributed by atoms with van der Waals surface area (Å²) in [6, 6.07) is 3.71. The van der Waals surface area contributed by atoms with E-state index in [1.54, 1.807) is 0 Å². The molecule has 2 fully saturated rings. The molecule has 1 atom stereocenters. The quantitative estimate of drug-likeness (QED) is 0.809. The number of likely N-dealkylation sites (tertiary alicyclic amines) is 1. The van der Waals surface area contributed by atoms with Gasteiger partial charge in [-0.05, 0) is 18.4 Å². The van der Waals surface area contributed by atoms with Crippen molar-refractivity contribution in [2.45, 2.75) is 27.2 Å². The first-order chi connectivity index (χ1) is 12.3. The summed E-state index contributed by atoms with van der Waals surface area (Å²) in [5, 5.41) is 1.90. The lowest BCUT2D eigenvalue weighted by Crippen LogP contribution is -2.46. The second-order valence-electron chi connectivity index (χ2n) is 7.70. The van der Waals surface area contributed by atoms with Crippen LogP contribution in [-0.2, 0) is 9.59 Å². The van der Waals surface area contributed by atoms with Crippen LogP contribution in [0, 0.1) is 11.3 Å². The van der Waals surface area contributed by atoms with E-state index in [4.69, 9.17) is 0 Å². The van der Waals surface area contributed by atoms with E-state index in [9.17, 15) is 14.4 Å². The fraction of sp³-hybridized carbons (Fsp3) is 0.632. The fourth-order valence-corrected chi connectivity index (χ4v) is 4.71. The van der Waals surface area contributed by atoms with Crippen molar-refractivity contribution >= 4 is 29.1 Å². The van der Waals surface area contributed by atoms with Gasteiger partial charge in [0.2, 0.25) is 11.8 Å². The van der Waals surface area contributed by atoms with Crippen molar-refractivity contribution in [1.29, 1.82) is 0 Å². The first-order valence-electron chi connectivity index (χ1n) is 9.24. The van der Waals surface area contributed by atoms with Crippen LogP contribution in [0.4, 0.5) is 0 Å². The van der Waals surface area contributed by atoms with Crippen LogP contribution >= 0.6 is 11.3 Å².